The highest BCUT2D eigenvalue weighted by Gasteiger charge is 2.15. The Balaban J connectivity index is 3.71. The number of carbonyl (C=O) groups excluding carboxylic acids is 1. The highest BCUT2D eigenvalue weighted by Crippen LogP contribution is 2.06. The monoisotopic (exact) mass is 213 g/mol. The van der Waals surface area contributed by atoms with Gasteiger partial charge in [0.2, 0.25) is 0 Å². The predicted molar refractivity (Wildman–Crippen MR) is 59.5 cm³/mol. The number of hydrogen-bond donors (Lipinski definition) is 1. The van der Waals surface area contributed by atoms with Gasteiger partial charge in [-0.1, -0.05) is 19.2 Å². The van der Waals surface area contributed by atoms with E-state index < -0.39 is 11.7 Å². The third-order valence-corrected chi connectivity index (χ3v) is 1.23. The van der Waals surface area contributed by atoms with Crippen LogP contribution in [0, 0.1) is 0 Å². The zero-order chi connectivity index (χ0) is 11.9. The van der Waals surface area contributed by atoms with Crippen LogP contribution >= 0.6 is 0 Å². The molecule has 0 aliphatic rings. The first kappa shape index (κ1) is 13.5. The fourth-order valence-electron chi connectivity index (χ4n) is 0.713. The van der Waals surface area contributed by atoms with Crippen LogP contribution in [0.5, 0.6) is 0 Å². The Morgan fingerprint density at radius 2 is 2.07 bits per heavy atom. The van der Waals surface area contributed by atoms with E-state index in [1.165, 1.54) is 0 Å². The fourth-order valence-corrected chi connectivity index (χ4v) is 0.713. The molecule has 0 aromatic rings. The van der Waals surface area contributed by atoms with Gasteiger partial charge in [-0.3, -0.25) is 0 Å². The molecule has 0 spiro atoms. The van der Waals surface area contributed by atoms with Crippen LogP contribution < -0.4 is 5.32 Å². The number of alkyl carbamates (subject to hydrolysis) is 1. The molecule has 0 aliphatic heterocycles. The molecule has 0 rings (SSSR count). The molecule has 0 bridgehead atoms. The highest BCUT2D eigenvalue weighted by molar-refractivity contribution is 5.67. The standard InChI is InChI=1S/C11H19NO3/c1-6-7-14-9(2)8-12-10(13)15-11(3,4)5/h6H,1-2,7-8H2,3-5H3,(H,12,13). The summed E-state index contributed by atoms with van der Waals surface area (Å²) in [7, 11) is 0. The van der Waals surface area contributed by atoms with E-state index in [0.29, 0.717) is 12.4 Å². The zero-order valence-corrected chi connectivity index (χ0v) is 9.63. The largest absolute Gasteiger partial charge is 0.493 e. The van der Waals surface area contributed by atoms with Crippen LogP contribution in [0.2, 0.25) is 0 Å². The second-order valence-electron chi connectivity index (χ2n) is 3.99. The molecule has 0 heterocycles. The van der Waals surface area contributed by atoms with Crippen molar-refractivity contribution < 1.29 is 14.3 Å². The van der Waals surface area contributed by atoms with E-state index in [9.17, 15) is 4.79 Å². The summed E-state index contributed by atoms with van der Waals surface area (Å²) < 4.78 is 10.1. The number of carbonyl (C=O) groups is 1. The molecule has 0 saturated heterocycles. The SMILES string of the molecule is C=CCOC(=C)CNC(=O)OC(C)(C)C. The zero-order valence-electron chi connectivity index (χ0n) is 9.63. The predicted octanol–water partition coefficient (Wildman–Crippen LogP) is 2.23. The van der Waals surface area contributed by atoms with Crippen molar-refractivity contribution in [3.63, 3.8) is 0 Å². The van der Waals surface area contributed by atoms with E-state index in [0.717, 1.165) is 0 Å². The summed E-state index contributed by atoms with van der Waals surface area (Å²) in [6.07, 6.45) is 1.13. The summed E-state index contributed by atoms with van der Waals surface area (Å²) in [6, 6.07) is 0. The van der Waals surface area contributed by atoms with E-state index in [1.54, 1.807) is 26.8 Å². The van der Waals surface area contributed by atoms with Gasteiger partial charge in [0.25, 0.3) is 0 Å². The maximum absolute atomic E-state index is 11.2. The van der Waals surface area contributed by atoms with Gasteiger partial charge in [0, 0.05) is 0 Å². The first-order valence-corrected chi connectivity index (χ1v) is 4.73. The molecule has 0 aromatic heterocycles. The summed E-state index contributed by atoms with van der Waals surface area (Å²) >= 11 is 0. The minimum atomic E-state index is -0.493. The van der Waals surface area contributed by atoms with Crippen LogP contribution in [0.15, 0.2) is 25.0 Å². The summed E-state index contributed by atoms with van der Waals surface area (Å²) in [5.41, 5.74) is -0.493. The minimum Gasteiger partial charge on any atom is -0.493 e. The lowest BCUT2D eigenvalue weighted by Crippen LogP contribution is -2.33. The van der Waals surface area contributed by atoms with Gasteiger partial charge in [0.05, 0.1) is 6.54 Å². The fraction of sp³-hybridized carbons (Fsp3) is 0.545. The van der Waals surface area contributed by atoms with Crippen molar-refractivity contribution in [3.05, 3.63) is 25.0 Å². The van der Waals surface area contributed by atoms with E-state index in [1.807, 2.05) is 0 Å². The van der Waals surface area contributed by atoms with Crippen molar-refractivity contribution in [3.8, 4) is 0 Å². The Bertz CT molecular complexity index is 241. The quantitative estimate of drug-likeness (QED) is 0.562. The second-order valence-corrected chi connectivity index (χ2v) is 3.99. The van der Waals surface area contributed by atoms with E-state index in [-0.39, 0.29) is 6.54 Å². The molecule has 0 fully saturated rings. The number of nitrogens with one attached hydrogen (secondary N) is 1. The summed E-state index contributed by atoms with van der Waals surface area (Å²) in [6.45, 7) is 13.1. The lowest BCUT2D eigenvalue weighted by molar-refractivity contribution is 0.0523. The van der Waals surface area contributed by atoms with Gasteiger partial charge in [-0.2, -0.15) is 0 Å². The molecule has 86 valence electrons. The summed E-state index contributed by atoms with van der Waals surface area (Å²) in [4.78, 5) is 11.2. The Hall–Kier alpha value is -1.45. The van der Waals surface area contributed by atoms with Gasteiger partial charge >= 0.3 is 6.09 Å². The molecule has 1 N–H and O–H groups in total. The van der Waals surface area contributed by atoms with Crippen LogP contribution in [0.4, 0.5) is 4.79 Å². The number of ether oxygens (including phenoxy) is 2. The molecule has 4 heteroatoms. The molecule has 0 aliphatic carbocycles. The average molecular weight is 213 g/mol. The van der Waals surface area contributed by atoms with Gasteiger partial charge in [-0.15, -0.1) is 0 Å². The molecule has 0 saturated carbocycles. The van der Waals surface area contributed by atoms with Crippen molar-refractivity contribution in [1.82, 2.24) is 5.32 Å². The number of rotatable bonds is 5. The Morgan fingerprint density at radius 3 is 2.53 bits per heavy atom. The van der Waals surface area contributed by atoms with Crippen molar-refractivity contribution in [2.45, 2.75) is 26.4 Å². The highest BCUT2D eigenvalue weighted by atomic mass is 16.6. The van der Waals surface area contributed by atoms with Crippen LogP contribution in [0.3, 0.4) is 0 Å². The van der Waals surface area contributed by atoms with E-state index in [2.05, 4.69) is 18.5 Å². The van der Waals surface area contributed by atoms with Gasteiger partial charge in [-0.05, 0) is 20.8 Å². The van der Waals surface area contributed by atoms with Gasteiger partial charge in [0.15, 0.2) is 0 Å². The first-order chi connectivity index (χ1) is 6.85. The van der Waals surface area contributed by atoms with E-state index in [4.69, 9.17) is 9.47 Å². The maximum Gasteiger partial charge on any atom is 0.408 e. The van der Waals surface area contributed by atoms with E-state index >= 15 is 0 Å². The van der Waals surface area contributed by atoms with Crippen LogP contribution in [0.25, 0.3) is 0 Å². The third kappa shape index (κ3) is 8.87. The Morgan fingerprint density at radius 1 is 1.47 bits per heavy atom. The second kappa shape index (κ2) is 6.11. The molecular formula is C11H19NO3. The molecule has 4 nitrogen and oxygen atoms in total. The van der Waals surface area contributed by atoms with Crippen LogP contribution in [-0.4, -0.2) is 24.8 Å². The van der Waals surface area contributed by atoms with Gasteiger partial charge in [-0.25, -0.2) is 4.79 Å². The van der Waals surface area contributed by atoms with Crippen molar-refractivity contribution in [1.29, 1.82) is 0 Å². The number of amides is 1. The normalized spacial score (nSPS) is 10.3. The molecule has 0 radical (unpaired) electrons. The average Bonchev–Trinajstić information content (AvgIpc) is 2.08. The molecule has 0 unspecified atom stereocenters. The molecule has 0 aromatic carbocycles. The lowest BCUT2D eigenvalue weighted by atomic mass is 10.2. The smallest absolute Gasteiger partial charge is 0.408 e. The summed E-state index contributed by atoms with van der Waals surface area (Å²) in [5.74, 6) is 0.473. The Labute approximate surface area is 90.9 Å². The molecular weight excluding hydrogens is 194 g/mol. The molecule has 15 heavy (non-hydrogen) atoms. The lowest BCUT2D eigenvalue weighted by Gasteiger charge is -2.19. The first-order valence-electron chi connectivity index (χ1n) is 4.73. The van der Waals surface area contributed by atoms with Crippen molar-refractivity contribution in [2.24, 2.45) is 0 Å². The van der Waals surface area contributed by atoms with Crippen molar-refractivity contribution >= 4 is 6.09 Å². The Kier molecular flexibility index (Phi) is 5.52. The molecule has 1 amide bonds. The third-order valence-electron chi connectivity index (χ3n) is 1.23. The number of hydrogen-bond acceptors (Lipinski definition) is 3. The molecule has 0 atom stereocenters. The minimum absolute atomic E-state index is 0.239. The van der Waals surface area contributed by atoms with Crippen LogP contribution in [0.1, 0.15) is 20.8 Å². The van der Waals surface area contributed by atoms with Crippen LogP contribution in [-0.2, 0) is 9.47 Å². The van der Waals surface area contributed by atoms with Gasteiger partial charge < -0.3 is 14.8 Å². The topological polar surface area (TPSA) is 47.6 Å². The van der Waals surface area contributed by atoms with Crippen molar-refractivity contribution in [2.75, 3.05) is 13.2 Å². The maximum atomic E-state index is 11.2. The summed E-state index contributed by atoms with van der Waals surface area (Å²) in [5, 5.41) is 2.53. The van der Waals surface area contributed by atoms with Gasteiger partial charge in [0.1, 0.15) is 18.0 Å².